The van der Waals surface area contributed by atoms with Crippen molar-refractivity contribution in [2.45, 2.75) is 12.6 Å². The first-order valence-electron chi connectivity index (χ1n) is 12.1. The number of aromatic nitrogens is 3. The van der Waals surface area contributed by atoms with Crippen LogP contribution in [0.3, 0.4) is 0 Å². The Morgan fingerprint density at radius 3 is 2.44 bits per heavy atom. The van der Waals surface area contributed by atoms with E-state index < -0.39 is 40.1 Å². The molecule has 2 aromatic carbocycles. The highest BCUT2D eigenvalue weighted by molar-refractivity contribution is 7.90. The topological polar surface area (TPSA) is 135 Å². The Balaban J connectivity index is 1.33. The van der Waals surface area contributed by atoms with Gasteiger partial charge in [-0.15, -0.1) is 0 Å². The summed E-state index contributed by atoms with van der Waals surface area (Å²) < 4.78 is 74.6. The van der Waals surface area contributed by atoms with Crippen molar-refractivity contribution in [3.63, 3.8) is 0 Å². The van der Waals surface area contributed by atoms with Crippen LogP contribution in [0.1, 0.15) is 12.0 Å². The predicted octanol–water partition coefficient (Wildman–Crippen LogP) is 4.56. The maximum atomic E-state index is 13.6. The number of benzene rings is 2. The first-order chi connectivity index (χ1) is 19.4. The van der Waals surface area contributed by atoms with E-state index in [2.05, 4.69) is 15.2 Å². The van der Waals surface area contributed by atoms with Crippen LogP contribution in [0, 0.1) is 0 Å². The molecule has 3 heterocycles. The molecule has 1 aliphatic rings. The normalized spacial score (nSPS) is 14.2. The minimum Gasteiger partial charge on any atom is -0.493 e. The fourth-order valence-corrected chi connectivity index (χ4v) is 4.77. The Morgan fingerprint density at radius 1 is 0.976 bits per heavy atom. The zero-order chi connectivity index (χ0) is 29.4. The smallest absolute Gasteiger partial charge is 0.416 e. The van der Waals surface area contributed by atoms with E-state index in [-0.39, 0.29) is 35.9 Å². The molecule has 0 unspecified atom stereocenters. The summed E-state index contributed by atoms with van der Waals surface area (Å²) in [5, 5.41) is 7.36. The van der Waals surface area contributed by atoms with Crippen LogP contribution in [0.25, 0.3) is 11.0 Å². The number of nitrogens with one attached hydrogen (secondary N) is 1. The molecule has 41 heavy (non-hydrogen) atoms. The molecule has 1 saturated heterocycles. The Kier molecular flexibility index (Phi) is 7.29. The van der Waals surface area contributed by atoms with Crippen LogP contribution < -0.4 is 19.3 Å². The molecule has 1 aliphatic heterocycles. The average Bonchev–Trinajstić information content (AvgIpc) is 3.49. The number of anilines is 2. The van der Waals surface area contributed by atoms with Gasteiger partial charge in [-0.05, 0) is 48.9 Å². The van der Waals surface area contributed by atoms with Gasteiger partial charge in [-0.1, -0.05) is 0 Å². The first-order valence-corrected chi connectivity index (χ1v) is 14.2. The summed E-state index contributed by atoms with van der Waals surface area (Å²) in [6, 6.07) is 9.59. The number of halogens is 3. The lowest BCUT2D eigenvalue weighted by Crippen LogP contribution is -2.33. The molecule has 1 fully saturated rings. The molecule has 15 heteroatoms. The monoisotopic (exact) mass is 589 g/mol. The third-order valence-corrected chi connectivity index (χ3v) is 7.05. The lowest BCUT2D eigenvalue weighted by atomic mass is 10.1. The van der Waals surface area contributed by atoms with E-state index in [4.69, 9.17) is 9.47 Å². The van der Waals surface area contributed by atoms with Crippen LogP contribution in [-0.2, 0) is 20.8 Å². The molecule has 5 rings (SSSR count). The summed E-state index contributed by atoms with van der Waals surface area (Å²) in [5.74, 6) is -0.236. The predicted molar refractivity (Wildman–Crippen MR) is 142 cm³/mol. The molecule has 11 nitrogen and oxygen atoms in total. The fourth-order valence-electron chi connectivity index (χ4n) is 4.13. The molecular formula is C26H22F3N5O6S. The van der Waals surface area contributed by atoms with Gasteiger partial charge in [-0.2, -0.15) is 18.3 Å². The van der Waals surface area contributed by atoms with Crippen LogP contribution in [0.2, 0.25) is 0 Å². The molecular weight excluding hydrogens is 567 g/mol. The number of ether oxygens (including phenoxy) is 2. The highest BCUT2D eigenvalue weighted by Gasteiger charge is 2.40. The third-order valence-electron chi connectivity index (χ3n) is 6.02. The summed E-state index contributed by atoms with van der Waals surface area (Å²) in [7, 11) is -3.27. The summed E-state index contributed by atoms with van der Waals surface area (Å²) >= 11 is 0. The molecule has 2 aromatic heterocycles. The highest BCUT2D eigenvalue weighted by atomic mass is 32.2. The molecule has 0 radical (unpaired) electrons. The molecule has 0 saturated carbocycles. The Bertz CT molecular complexity index is 1720. The lowest BCUT2D eigenvalue weighted by Gasteiger charge is -2.20. The van der Waals surface area contributed by atoms with Crippen LogP contribution in [0.5, 0.6) is 17.2 Å². The number of fused-ring (bicyclic) bond motifs is 1. The second kappa shape index (κ2) is 10.7. The van der Waals surface area contributed by atoms with Gasteiger partial charge in [-0.25, -0.2) is 23.1 Å². The number of rotatable bonds is 9. The Morgan fingerprint density at radius 2 is 1.73 bits per heavy atom. The summed E-state index contributed by atoms with van der Waals surface area (Å²) in [5.41, 5.74) is -0.491. The standard InChI is InChI=1S/C26H22F3N5O6S/c1-41(37,38)8-2-7-39-21-11-17(26(27,28)29)10-19(12-21)33-15-23(35)34(25(33)36)18-3-5-20(6-4-18)40-22-9-16-13-31-32-24(16)30-14-22/h3-6,9-14H,2,7-8,15H2,1H3,(H,30,31,32). The van der Waals surface area contributed by atoms with Crippen molar-refractivity contribution in [1.82, 2.24) is 15.2 Å². The van der Waals surface area contributed by atoms with Gasteiger partial charge in [0.15, 0.2) is 5.65 Å². The first kappa shape index (κ1) is 27.9. The number of nitrogens with zero attached hydrogens (tertiary/aromatic N) is 4. The van der Waals surface area contributed by atoms with E-state index in [0.717, 1.165) is 33.6 Å². The van der Waals surface area contributed by atoms with E-state index >= 15 is 0 Å². The van der Waals surface area contributed by atoms with E-state index in [0.29, 0.717) is 17.1 Å². The highest BCUT2D eigenvalue weighted by Crippen LogP contribution is 2.37. The van der Waals surface area contributed by atoms with Crippen molar-refractivity contribution in [2.75, 3.05) is 35.0 Å². The summed E-state index contributed by atoms with van der Waals surface area (Å²) in [4.78, 5) is 32.0. The van der Waals surface area contributed by atoms with Gasteiger partial charge in [0.25, 0.3) is 5.91 Å². The number of sulfone groups is 1. The van der Waals surface area contributed by atoms with Gasteiger partial charge in [0, 0.05) is 17.7 Å². The van der Waals surface area contributed by atoms with Crippen LogP contribution >= 0.6 is 0 Å². The quantitative estimate of drug-likeness (QED) is 0.222. The van der Waals surface area contributed by atoms with Crippen LogP contribution in [0.4, 0.5) is 29.3 Å². The number of carbonyl (C=O) groups excluding carboxylic acids is 2. The molecule has 0 spiro atoms. The van der Waals surface area contributed by atoms with Crippen molar-refractivity contribution < 1.29 is 40.7 Å². The molecule has 3 amide bonds. The number of aromatic amines is 1. The van der Waals surface area contributed by atoms with E-state index in [1.807, 2.05) is 0 Å². The maximum Gasteiger partial charge on any atom is 0.416 e. The minimum absolute atomic E-state index is 0.0630. The zero-order valence-electron chi connectivity index (χ0n) is 21.4. The number of hydrogen-bond donors (Lipinski definition) is 1. The number of carbonyl (C=O) groups is 2. The number of alkyl halides is 3. The second-order valence-corrected chi connectivity index (χ2v) is 11.5. The van der Waals surface area contributed by atoms with Gasteiger partial charge in [0.2, 0.25) is 0 Å². The molecule has 0 atom stereocenters. The number of H-pyrrole nitrogens is 1. The van der Waals surface area contributed by atoms with E-state index in [1.54, 1.807) is 12.3 Å². The van der Waals surface area contributed by atoms with E-state index in [1.165, 1.54) is 36.5 Å². The largest absolute Gasteiger partial charge is 0.493 e. The van der Waals surface area contributed by atoms with E-state index in [9.17, 15) is 31.2 Å². The van der Waals surface area contributed by atoms with Crippen molar-refractivity contribution >= 4 is 44.2 Å². The number of hydrogen-bond acceptors (Lipinski definition) is 8. The Hall–Kier alpha value is -4.66. The van der Waals surface area contributed by atoms with Crippen LogP contribution in [-0.4, -0.2) is 60.7 Å². The molecule has 214 valence electrons. The molecule has 0 aliphatic carbocycles. The third kappa shape index (κ3) is 6.40. The molecule has 4 aromatic rings. The number of urea groups is 1. The lowest BCUT2D eigenvalue weighted by molar-refractivity contribution is -0.137. The van der Waals surface area contributed by atoms with Gasteiger partial charge >= 0.3 is 12.2 Å². The van der Waals surface area contributed by atoms with Gasteiger partial charge in [0.1, 0.15) is 33.6 Å². The molecule has 0 bridgehead atoms. The fraction of sp³-hybridized carbons (Fsp3) is 0.231. The van der Waals surface area contributed by atoms with Crippen molar-refractivity contribution in [1.29, 1.82) is 0 Å². The van der Waals surface area contributed by atoms with Crippen molar-refractivity contribution in [2.24, 2.45) is 0 Å². The second-order valence-electron chi connectivity index (χ2n) is 9.22. The Labute approximate surface area is 231 Å². The minimum atomic E-state index is -4.76. The van der Waals surface area contributed by atoms with Gasteiger partial charge in [-0.3, -0.25) is 14.8 Å². The van der Waals surface area contributed by atoms with Gasteiger partial charge in [0.05, 0.1) is 41.7 Å². The summed E-state index contributed by atoms with van der Waals surface area (Å²) in [6.45, 7) is -0.657. The van der Waals surface area contributed by atoms with Crippen molar-refractivity contribution in [3.8, 4) is 17.2 Å². The van der Waals surface area contributed by atoms with Gasteiger partial charge < -0.3 is 9.47 Å². The summed E-state index contributed by atoms with van der Waals surface area (Å²) in [6.07, 6.45) is -0.572. The average molecular weight is 590 g/mol. The molecule has 1 N–H and O–H groups in total. The number of pyridine rings is 1. The van der Waals surface area contributed by atoms with Crippen LogP contribution in [0.15, 0.2) is 60.9 Å². The number of imide groups is 1. The maximum absolute atomic E-state index is 13.6. The number of amides is 3. The zero-order valence-corrected chi connectivity index (χ0v) is 22.2. The van der Waals surface area contributed by atoms with Crippen molar-refractivity contribution in [3.05, 3.63) is 66.5 Å². The SMILES string of the molecule is CS(=O)(=O)CCCOc1cc(N2CC(=O)N(c3ccc(Oc4cnc5[nH]ncc5c4)cc3)C2=O)cc(C(F)(F)F)c1.